The van der Waals surface area contributed by atoms with E-state index in [1.54, 1.807) is 0 Å². The summed E-state index contributed by atoms with van der Waals surface area (Å²) in [5.41, 5.74) is 22.1. The van der Waals surface area contributed by atoms with Crippen LogP contribution in [-0.4, -0.2) is 6.71 Å². The number of benzene rings is 7. The van der Waals surface area contributed by atoms with Crippen LogP contribution in [0.4, 0.5) is 33.4 Å². The monoisotopic (exact) mass is 894 g/mol. The first-order valence-corrected chi connectivity index (χ1v) is 25.3. The number of rotatable bonds is 4. The van der Waals surface area contributed by atoms with Gasteiger partial charge < -0.3 is 9.80 Å². The summed E-state index contributed by atoms with van der Waals surface area (Å²) >= 11 is 3.85. The molecule has 2 aliphatic rings. The molecule has 0 bridgehead atoms. The van der Waals surface area contributed by atoms with Crippen LogP contribution in [0.2, 0.25) is 0 Å². The Morgan fingerprint density at radius 3 is 1.73 bits per heavy atom. The van der Waals surface area contributed by atoms with Gasteiger partial charge in [0.25, 0.3) is 6.71 Å². The highest BCUT2D eigenvalue weighted by Gasteiger charge is 2.46. The van der Waals surface area contributed by atoms with E-state index in [1.165, 1.54) is 125 Å². The third-order valence-corrected chi connectivity index (χ3v) is 16.6. The van der Waals surface area contributed by atoms with Crippen molar-refractivity contribution >= 4 is 99.4 Å². The van der Waals surface area contributed by atoms with Gasteiger partial charge in [0.2, 0.25) is 0 Å². The van der Waals surface area contributed by atoms with Crippen molar-refractivity contribution in [2.24, 2.45) is 0 Å². The number of hydrogen-bond donors (Lipinski definition) is 0. The van der Waals surface area contributed by atoms with Crippen molar-refractivity contribution in [2.75, 3.05) is 9.80 Å². The van der Waals surface area contributed by atoms with Crippen LogP contribution in [0.3, 0.4) is 0 Å². The smallest absolute Gasteiger partial charge is 0.254 e. The quantitative estimate of drug-likeness (QED) is 0.162. The van der Waals surface area contributed by atoms with E-state index in [4.69, 9.17) is 0 Å². The van der Waals surface area contributed by atoms with Gasteiger partial charge in [0.1, 0.15) is 0 Å². The Bertz CT molecular complexity index is 3370. The van der Waals surface area contributed by atoms with Gasteiger partial charge in [-0.05, 0) is 151 Å². The van der Waals surface area contributed by atoms with Gasteiger partial charge in [-0.25, -0.2) is 0 Å². The molecule has 4 heterocycles. The van der Waals surface area contributed by atoms with E-state index in [0.29, 0.717) is 0 Å². The fraction of sp³-hybridized carbons (Fsp3) is 0.246. The Labute approximate surface area is 400 Å². The lowest BCUT2D eigenvalue weighted by Gasteiger charge is -2.44. The highest BCUT2D eigenvalue weighted by molar-refractivity contribution is 7.26. The average molecular weight is 895 g/mol. The van der Waals surface area contributed by atoms with Crippen molar-refractivity contribution in [3.63, 3.8) is 0 Å². The van der Waals surface area contributed by atoms with E-state index in [2.05, 4.69) is 232 Å². The van der Waals surface area contributed by atoms with E-state index in [0.717, 1.165) is 0 Å². The number of hydrogen-bond acceptors (Lipinski definition) is 4. The van der Waals surface area contributed by atoms with Gasteiger partial charge in [-0.3, -0.25) is 0 Å². The second kappa shape index (κ2) is 15.1. The van der Waals surface area contributed by atoms with Crippen LogP contribution in [0.1, 0.15) is 95.7 Å². The molecule has 0 unspecified atom stereocenters. The second-order valence-electron chi connectivity index (χ2n) is 22.0. The van der Waals surface area contributed by atoms with Crippen LogP contribution < -0.4 is 26.2 Å². The van der Waals surface area contributed by atoms with Crippen LogP contribution in [0.5, 0.6) is 0 Å². The molecule has 0 fully saturated rings. The second-order valence-corrected chi connectivity index (χ2v) is 24.1. The predicted molar refractivity (Wildman–Crippen MR) is 292 cm³/mol. The molecule has 0 saturated carbocycles. The van der Waals surface area contributed by atoms with Gasteiger partial charge in [-0.1, -0.05) is 159 Å². The Kier molecular flexibility index (Phi) is 9.76. The summed E-state index contributed by atoms with van der Waals surface area (Å²) in [5.74, 6) is 0. The molecule has 0 atom stereocenters. The minimum Gasteiger partial charge on any atom is -0.311 e. The fourth-order valence-corrected chi connectivity index (χ4v) is 13.1. The molecule has 0 amide bonds. The Hall–Kier alpha value is -5.88. The molecule has 0 spiro atoms. The number of nitrogens with zero attached hydrogens (tertiary/aromatic N) is 2. The molecule has 66 heavy (non-hydrogen) atoms. The van der Waals surface area contributed by atoms with Gasteiger partial charge in [-0.2, -0.15) is 0 Å². The maximum atomic E-state index is 2.66. The van der Waals surface area contributed by atoms with Crippen molar-refractivity contribution in [3.8, 4) is 21.6 Å². The van der Waals surface area contributed by atoms with Gasteiger partial charge in [0.05, 0.1) is 16.4 Å². The van der Waals surface area contributed by atoms with Gasteiger partial charge in [0.15, 0.2) is 0 Å². The van der Waals surface area contributed by atoms with E-state index < -0.39 is 0 Å². The standard InChI is InChI=1S/C61H59BN2S2/c1-36-29-43(60(7,8)9)30-37(2)56(36)64-50-23-18-22-49-55(50)62(54-46-34-42(59(4,5)6)26-28-52(46)66-58(54)64)47-32-41(53-33-40-21-16-17-24-51(40)65-53)25-27-48(47)63(49)57-38(3)31-44(61(10,11)12)35-45(57)39-19-14-13-15-20-39/h13-35H,1-12H3. The molecular formula is C61H59BN2S2. The highest BCUT2D eigenvalue weighted by Crippen LogP contribution is 2.52. The van der Waals surface area contributed by atoms with E-state index >= 15 is 0 Å². The molecule has 9 aromatic rings. The van der Waals surface area contributed by atoms with Gasteiger partial charge in [0, 0.05) is 36.9 Å². The largest absolute Gasteiger partial charge is 0.311 e. The SMILES string of the molecule is Cc1cc(C(C)(C)C)cc(C)c1N1c2cccc3c2B(c2cc(-c4cc5ccccc5s4)ccc2N3c2c(C)cc(C(C)(C)C)cc2-c2ccccc2)c2c1sc1ccc(C(C)(C)C)cc21. The molecular weight excluding hydrogens is 836 g/mol. The van der Waals surface area contributed by atoms with Gasteiger partial charge in [-0.15, -0.1) is 22.7 Å². The zero-order valence-electron chi connectivity index (χ0n) is 40.6. The first kappa shape index (κ1) is 42.7. The molecule has 11 rings (SSSR count). The van der Waals surface area contributed by atoms with E-state index in [-0.39, 0.29) is 23.0 Å². The Morgan fingerprint density at radius 2 is 1.06 bits per heavy atom. The maximum Gasteiger partial charge on any atom is 0.254 e. The minimum absolute atomic E-state index is 0.00338. The summed E-state index contributed by atoms with van der Waals surface area (Å²) in [7, 11) is 0. The zero-order chi connectivity index (χ0) is 46.2. The first-order chi connectivity index (χ1) is 31.4. The summed E-state index contributed by atoms with van der Waals surface area (Å²) in [4.78, 5) is 6.61. The number of aryl methyl sites for hydroxylation is 3. The Balaban J connectivity index is 1.28. The van der Waals surface area contributed by atoms with Crippen molar-refractivity contribution < 1.29 is 0 Å². The topological polar surface area (TPSA) is 6.48 Å². The van der Waals surface area contributed by atoms with Crippen LogP contribution in [-0.2, 0) is 16.2 Å². The summed E-state index contributed by atoms with van der Waals surface area (Å²) in [5, 5.41) is 3.98. The average Bonchev–Trinajstić information content (AvgIpc) is 3.88. The molecule has 5 heteroatoms. The lowest BCUT2D eigenvalue weighted by atomic mass is 9.33. The lowest BCUT2D eigenvalue weighted by molar-refractivity contribution is 0.589. The summed E-state index contributed by atoms with van der Waals surface area (Å²) < 4.78 is 2.65. The predicted octanol–water partition coefficient (Wildman–Crippen LogP) is 16.4. The van der Waals surface area contributed by atoms with Crippen LogP contribution in [0.15, 0.2) is 140 Å². The fourth-order valence-electron chi connectivity index (χ4n) is 10.8. The van der Waals surface area contributed by atoms with E-state index in [1.807, 2.05) is 22.7 Å². The number of anilines is 6. The molecule has 0 N–H and O–H groups in total. The van der Waals surface area contributed by atoms with E-state index in [9.17, 15) is 0 Å². The van der Waals surface area contributed by atoms with Crippen LogP contribution in [0.25, 0.3) is 41.7 Å². The van der Waals surface area contributed by atoms with Crippen molar-refractivity contribution in [2.45, 2.75) is 99.3 Å². The third kappa shape index (κ3) is 6.79. The number of fused-ring (bicyclic) bond motifs is 7. The normalized spacial score (nSPS) is 13.7. The summed E-state index contributed by atoms with van der Waals surface area (Å²) in [6.07, 6.45) is 0. The molecule has 2 aliphatic heterocycles. The lowest BCUT2D eigenvalue weighted by Crippen LogP contribution is -2.61. The molecule has 2 nitrogen and oxygen atoms in total. The molecule has 0 aliphatic carbocycles. The van der Waals surface area contributed by atoms with Crippen molar-refractivity contribution in [3.05, 3.63) is 173 Å². The molecule has 0 radical (unpaired) electrons. The highest BCUT2D eigenvalue weighted by atomic mass is 32.1. The van der Waals surface area contributed by atoms with Crippen LogP contribution in [0, 0.1) is 20.8 Å². The number of thiophene rings is 2. The first-order valence-electron chi connectivity index (χ1n) is 23.6. The summed E-state index contributed by atoms with van der Waals surface area (Å²) in [6.45, 7) is 28.0. The molecule has 328 valence electrons. The third-order valence-electron chi connectivity index (χ3n) is 14.2. The maximum absolute atomic E-state index is 2.66. The van der Waals surface area contributed by atoms with Crippen molar-refractivity contribution in [1.29, 1.82) is 0 Å². The molecule has 0 saturated heterocycles. The minimum atomic E-state index is -0.0240. The van der Waals surface area contributed by atoms with Crippen LogP contribution >= 0.6 is 22.7 Å². The summed E-state index contributed by atoms with van der Waals surface area (Å²) in [6, 6.07) is 53.9. The zero-order valence-corrected chi connectivity index (χ0v) is 42.2. The van der Waals surface area contributed by atoms with Crippen molar-refractivity contribution in [1.82, 2.24) is 0 Å². The van der Waals surface area contributed by atoms with Gasteiger partial charge >= 0.3 is 0 Å². The molecule has 2 aromatic heterocycles. The Morgan fingerprint density at radius 1 is 0.439 bits per heavy atom. The molecule has 7 aromatic carbocycles.